The lowest BCUT2D eigenvalue weighted by atomic mass is 9.51. The predicted octanol–water partition coefficient (Wildman–Crippen LogP) is 3.32. The lowest BCUT2D eigenvalue weighted by Gasteiger charge is -2.61. The van der Waals surface area contributed by atoms with Gasteiger partial charge in [0.2, 0.25) is 0 Å². The Kier molecular flexibility index (Phi) is 5.57. The second kappa shape index (κ2) is 7.80. The molecule has 0 saturated carbocycles. The van der Waals surface area contributed by atoms with Gasteiger partial charge in [-0.15, -0.1) is 0 Å². The average molecular weight is 428 g/mol. The van der Waals surface area contributed by atoms with Crippen LogP contribution in [0.1, 0.15) is 57.6 Å². The van der Waals surface area contributed by atoms with E-state index in [0.29, 0.717) is 31.8 Å². The van der Waals surface area contributed by atoms with Gasteiger partial charge in [0.05, 0.1) is 0 Å². The maximum absolute atomic E-state index is 13.8. The summed E-state index contributed by atoms with van der Waals surface area (Å²) in [7, 11) is 1.90. The van der Waals surface area contributed by atoms with Crippen LogP contribution in [0.2, 0.25) is 0 Å². The van der Waals surface area contributed by atoms with Gasteiger partial charge < -0.3 is 25.0 Å². The summed E-state index contributed by atoms with van der Waals surface area (Å²) in [6.07, 6.45) is 5.07. The summed E-state index contributed by atoms with van der Waals surface area (Å²) in [5.74, 6) is 0.337. The summed E-state index contributed by atoms with van der Waals surface area (Å²) in [5.41, 5.74) is 1.55. The molecule has 31 heavy (non-hydrogen) atoms. The second-order valence-electron chi connectivity index (χ2n) is 10.7. The van der Waals surface area contributed by atoms with Crippen LogP contribution >= 0.6 is 0 Å². The standard InChI is InChI=1S/C25H37N3O3/c1-23(2)21-15-18-19(7-5-8-20(18)30)24(23,3)11-14-28(21)22(31)27-13-6-9-25(16-27,17-29)10-12-26-4/h5,7-8,17,21,26,30H,6,9-16H2,1-4H3/t21?,24-,25?/m0/s1. The molecule has 3 atom stereocenters. The highest BCUT2D eigenvalue weighted by molar-refractivity contribution is 5.77. The summed E-state index contributed by atoms with van der Waals surface area (Å²) in [4.78, 5) is 29.7. The van der Waals surface area contributed by atoms with Crippen molar-refractivity contribution in [3.8, 4) is 5.75 Å². The van der Waals surface area contributed by atoms with Crippen LogP contribution in [0.25, 0.3) is 0 Å². The molecule has 1 aromatic rings. The van der Waals surface area contributed by atoms with Crippen molar-refractivity contribution in [2.24, 2.45) is 10.8 Å². The third kappa shape index (κ3) is 3.34. The van der Waals surface area contributed by atoms with Gasteiger partial charge in [-0.2, -0.15) is 0 Å². The van der Waals surface area contributed by atoms with Crippen LogP contribution in [0.15, 0.2) is 18.2 Å². The first kappa shape index (κ1) is 22.1. The first-order valence-electron chi connectivity index (χ1n) is 11.7. The number of carbonyl (C=O) groups excluding carboxylic acids is 2. The number of fused-ring (bicyclic) bond motifs is 4. The first-order valence-corrected chi connectivity index (χ1v) is 11.7. The highest BCUT2D eigenvalue weighted by atomic mass is 16.3. The molecule has 2 N–H and O–H groups in total. The quantitative estimate of drug-likeness (QED) is 0.723. The van der Waals surface area contributed by atoms with Crippen molar-refractivity contribution < 1.29 is 14.7 Å². The normalized spacial score (nSPS) is 31.8. The molecule has 0 spiro atoms. The third-order valence-electron chi connectivity index (χ3n) is 8.87. The molecule has 2 fully saturated rings. The zero-order valence-corrected chi connectivity index (χ0v) is 19.4. The van der Waals surface area contributed by atoms with Crippen LogP contribution in [-0.2, 0) is 16.6 Å². The Labute approximate surface area is 186 Å². The lowest BCUT2D eigenvalue weighted by molar-refractivity contribution is -0.119. The van der Waals surface area contributed by atoms with Gasteiger partial charge in [-0.25, -0.2) is 4.79 Å². The smallest absolute Gasteiger partial charge is 0.320 e. The molecule has 0 radical (unpaired) electrons. The lowest BCUT2D eigenvalue weighted by Crippen LogP contribution is -2.67. The molecule has 1 aromatic carbocycles. The number of carbonyl (C=O) groups is 2. The minimum absolute atomic E-state index is 0.0180. The second-order valence-corrected chi connectivity index (χ2v) is 10.7. The van der Waals surface area contributed by atoms with Crippen molar-refractivity contribution in [2.75, 3.05) is 33.2 Å². The molecule has 1 aliphatic carbocycles. The largest absolute Gasteiger partial charge is 0.508 e. The summed E-state index contributed by atoms with van der Waals surface area (Å²) in [6, 6.07) is 5.91. The van der Waals surface area contributed by atoms with E-state index in [1.807, 2.05) is 22.9 Å². The van der Waals surface area contributed by atoms with Crippen molar-refractivity contribution >= 4 is 12.3 Å². The van der Waals surface area contributed by atoms with E-state index in [0.717, 1.165) is 44.1 Å². The molecule has 0 aromatic heterocycles. The number of amides is 2. The number of benzene rings is 1. The van der Waals surface area contributed by atoms with Gasteiger partial charge in [0.15, 0.2) is 0 Å². The van der Waals surface area contributed by atoms with E-state index in [1.165, 1.54) is 5.56 Å². The minimum atomic E-state index is -0.450. The van der Waals surface area contributed by atoms with E-state index in [-0.39, 0.29) is 22.9 Å². The number of aldehydes is 1. The number of phenols is 1. The molecular formula is C25H37N3O3. The minimum Gasteiger partial charge on any atom is -0.508 e. The van der Waals surface area contributed by atoms with Gasteiger partial charge in [-0.05, 0) is 68.3 Å². The number of rotatable bonds is 4. The van der Waals surface area contributed by atoms with Gasteiger partial charge in [0.25, 0.3) is 0 Å². The highest BCUT2D eigenvalue weighted by Gasteiger charge is 2.57. The number of phenolic OH excluding ortho intramolecular Hbond substituents is 1. The predicted molar refractivity (Wildman–Crippen MR) is 121 cm³/mol. The Hall–Kier alpha value is -2.08. The Balaban J connectivity index is 1.62. The van der Waals surface area contributed by atoms with Crippen molar-refractivity contribution in [1.82, 2.24) is 15.1 Å². The molecular weight excluding hydrogens is 390 g/mol. The summed E-state index contributed by atoms with van der Waals surface area (Å²) in [5, 5.41) is 13.7. The monoisotopic (exact) mass is 427 g/mol. The Morgan fingerprint density at radius 3 is 2.74 bits per heavy atom. The first-order chi connectivity index (χ1) is 14.7. The molecule has 2 bridgehead atoms. The van der Waals surface area contributed by atoms with Gasteiger partial charge in [-0.3, -0.25) is 0 Å². The van der Waals surface area contributed by atoms with Crippen molar-refractivity contribution in [3.05, 3.63) is 29.3 Å². The van der Waals surface area contributed by atoms with Gasteiger partial charge in [0.1, 0.15) is 12.0 Å². The maximum atomic E-state index is 13.8. The van der Waals surface area contributed by atoms with E-state index in [4.69, 9.17) is 0 Å². The van der Waals surface area contributed by atoms with Crippen LogP contribution < -0.4 is 5.32 Å². The Morgan fingerprint density at radius 1 is 1.26 bits per heavy atom. The summed E-state index contributed by atoms with van der Waals surface area (Å²) >= 11 is 0. The topological polar surface area (TPSA) is 72.9 Å². The zero-order chi connectivity index (χ0) is 22.4. The van der Waals surface area contributed by atoms with Crippen LogP contribution in [0.4, 0.5) is 4.79 Å². The van der Waals surface area contributed by atoms with E-state index in [1.54, 1.807) is 6.07 Å². The number of hydrogen-bond donors (Lipinski definition) is 2. The van der Waals surface area contributed by atoms with Gasteiger partial charge in [-0.1, -0.05) is 32.9 Å². The van der Waals surface area contributed by atoms with Crippen LogP contribution in [0.3, 0.4) is 0 Å². The van der Waals surface area contributed by atoms with Crippen LogP contribution in [-0.4, -0.2) is 66.5 Å². The third-order valence-corrected chi connectivity index (χ3v) is 8.87. The molecule has 2 heterocycles. The number of aromatic hydroxyl groups is 1. The van der Waals surface area contributed by atoms with E-state index in [2.05, 4.69) is 32.2 Å². The summed E-state index contributed by atoms with van der Waals surface area (Å²) < 4.78 is 0. The molecule has 2 unspecified atom stereocenters. The molecule has 3 aliphatic rings. The molecule has 6 nitrogen and oxygen atoms in total. The van der Waals surface area contributed by atoms with Crippen molar-refractivity contribution in [3.63, 3.8) is 0 Å². The zero-order valence-electron chi connectivity index (χ0n) is 19.4. The van der Waals surface area contributed by atoms with Crippen LogP contribution in [0.5, 0.6) is 5.75 Å². The van der Waals surface area contributed by atoms with E-state index >= 15 is 0 Å². The molecule has 2 aliphatic heterocycles. The fraction of sp³-hybridized carbons (Fsp3) is 0.680. The number of hydrogen-bond acceptors (Lipinski definition) is 4. The van der Waals surface area contributed by atoms with Crippen LogP contribution in [0, 0.1) is 10.8 Å². The Bertz CT molecular complexity index is 870. The fourth-order valence-electron chi connectivity index (χ4n) is 6.39. The average Bonchev–Trinajstić information content (AvgIpc) is 2.75. The van der Waals surface area contributed by atoms with Crippen molar-refractivity contribution in [1.29, 1.82) is 0 Å². The van der Waals surface area contributed by atoms with Gasteiger partial charge in [0, 0.05) is 36.5 Å². The number of urea groups is 1. The SMILES string of the molecule is CNCCC1(C=O)CCCN(C(=O)N2CC[C@@]3(C)c4cccc(O)c4CC2C3(C)C)C1. The fourth-order valence-corrected chi connectivity index (χ4v) is 6.39. The van der Waals surface area contributed by atoms with Crippen molar-refractivity contribution in [2.45, 2.75) is 64.3 Å². The van der Waals surface area contributed by atoms with Gasteiger partial charge >= 0.3 is 6.03 Å². The number of likely N-dealkylation sites (tertiary alicyclic amines) is 2. The highest BCUT2D eigenvalue weighted by Crippen LogP contribution is 2.57. The number of piperidine rings is 2. The van der Waals surface area contributed by atoms with E-state index < -0.39 is 5.41 Å². The Morgan fingerprint density at radius 2 is 2.03 bits per heavy atom. The molecule has 4 rings (SSSR count). The number of nitrogens with zero attached hydrogens (tertiary/aromatic N) is 2. The molecule has 170 valence electrons. The summed E-state index contributed by atoms with van der Waals surface area (Å²) in [6.45, 7) is 9.51. The number of nitrogens with one attached hydrogen (secondary N) is 1. The molecule has 6 heteroatoms. The molecule has 2 saturated heterocycles. The van der Waals surface area contributed by atoms with E-state index in [9.17, 15) is 14.7 Å². The molecule has 2 amide bonds. The maximum Gasteiger partial charge on any atom is 0.320 e.